The number of hydrogen-bond donors (Lipinski definition) is 2. The monoisotopic (exact) mass is 343 g/mol. The van der Waals surface area contributed by atoms with Gasteiger partial charge in [-0.2, -0.15) is 0 Å². The van der Waals surface area contributed by atoms with Crippen molar-refractivity contribution < 1.29 is 0 Å². The normalized spacial score (nSPS) is 15.7. The van der Waals surface area contributed by atoms with Crippen molar-refractivity contribution in [3.63, 3.8) is 0 Å². The van der Waals surface area contributed by atoms with Crippen molar-refractivity contribution in [2.45, 2.75) is 19.8 Å². The van der Waals surface area contributed by atoms with Gasteiger partial charge in [0.05, 0.1) is 11.4 Å². The van der Waals surface area contributed by atoms with E-state index in [4.69, 9.17) is 0 Å². The second kappa shape index (κ2) is 6.75. The molecule has 1 unspecified atom stereocenters. The fourth-order valence-electron chi connectivity index (χ4n) is 3.93. The molecule has 3 aromatic rings. The number of hydrogen-bond acceptors (Lipinski definition) is 3. The molecule has 0 spiro atoms. The van der Waals surface area contributed by atoms with E-state index < -0.39 is 0 Å². The van der Waals surface area contributed by atoms with Crippen molar-refractivity contribution in [2.75, 3.05) is 29.1 Å². The van der Waals surface area contributed by atoms with Crippen LogP contribution in [0.4, 0.5) is 28.4 Å². The number of benzene rings is 3. The Hall–Kier alpha value is -2.94. The van der Waals surface area contributed by atoms with Crippen LogP contribution in [0.3, 0.4) is 0 Å². The number of nitrogens with zero attached hydrogens (tertiary/aromatic N) is 1. The molecule has 1 atom stereocenters. The molecule has 26 heavy (non-hydrogen) atoms. The fourth-order valence-corrected chi connectivity index (χ4v) is 3.93. The van der Waals surface area contributed by atoms with Crippen LogP contribution < -0.4 is 15.5 Å². The Balaban J connectivity index is 1.76. The Bertz CT molecular complexity index is 932. The summed E-state index contributed by atoms with van der Waals surface area (Å²) in [6.07, 6.45) is 0. The lowest BCUT2D eigenvalue weighted by Crippen LogP contribution is -2.15. The van der Waals surface area contributed by atoms with Gasteiger partial charge in [0.25, 0.3) is 0 Å². The van der Waals surface area contributed by atoms with Crippen LogP contribution in [0, 0.1) is 6.92 Å². The molecule has 1 aliphatic heterocycles. The molecule has 3 nitrogen and oxygen atoms in total. The van der Waals surface area contributed by atoms with E-state index >= 15 is 0 Å². The van der Waals surface area contributed by atoms with Gasteiger partial charge in [0.2, 0.25) is 0 Å². The SMILES string of the molecule is CNc1ccccc1Nc1cccc2c1C(C)CN2c1ccccc1C. The molecule has 0 amide bonds. The third kappa shape index (κ3) is 2.80. The zero-order valence-corrected chi connectivity index (χ0v) is 15.6. The van der Waals surface area contributed by atoms with Crippen molar-refractivity contribution in [3.05, 3.63) is 77.9 Å². The van der Waals surface area contributed by atoms with Gasteiger partial charge in [0.1, 0.15) is 0 Å². The zero-order chi connectivity index (χ0) is 18.1. The molecule has 0 aliphatic carbocycles. The number of rotatable bonds is 4. The number of fused-ring (bicyclic) bond motifs is 1. The molecule has 0 bridgehead atoms. The zero-order valence-electron chi connectivity index (χ0n) is 15.6. The van der Waals surface area contributed by atoms with Crippen molar-refractivity contribution in [1.29, 1.82) is 0 Å². The Morgan fingerprint density at radius 1 is 0.808 bits per heavy atom. The first-order valence-corrected chi connectivity index (χ1v) is 9.19. The van der Waals surface area contributed by atoms with Gasteiger partial charge in [-0.05, 0) is 42.8 Å². The summed E-state index contributed by atoms with van der Waals surface area (Å²) in [5.41, 5.74) is 8.70. The summed E-state index contributed by atoms with van der Waals surface area (Å²) in [6, 6.07) is 23.5. The van der Waals surface area contributed by atoms with Crippen molar-refractivity contribution in [2.24, 2.45) is 0 Å². The van der Waals surface area contributed by atoms with Crippen LogP contribution in [0.5, 0.6) is 0 Å². The molecular formula is C23H25N3. The predicted molar refractivity (Wildman–Crippen MR) is 112 cm³/mol. The number of aryl methyl sites for hydroxylation is 1. The van der Waals surface area contributed by atoms with Gasteiger partial charge in [-0.1, -0.05) is 43.3 Å². The lowest BCUT2D eigenvalue weighted by molar-refractivity contribution is 0.813. The molecule has 3 aromatic carbocycles. The number of nitrogens with one attached hydrogen (secondary N) is 2. The molecule has 0 aromatic heterocycles. The molecule has 0 radical (unpaired) electrons. The quantitative estimate of drug-likeness (QED) is 0.605. The predicted octanol–water partition coefficient (Wildman–Crippen LogP) is 6.04. The third-order valence-corrected chi connectivity index (χ3v) is 5.20. The molecule has 1 aliphatic rings. The van der Waals surface area contributed by atoms with Crippen LogP contribution in [-0.4, -0.2) is 13.6 Å². The maximum Gasteiger partial charge on any atom is 0.0619 e. The minimum Gasteiger partial charge on any atom is -0.386 e. The van der Waals surface area contributed by atoms with Crippen LogP contribution in [-0.2, 0) is 0 Å². The fraction of sp³-hybridized carbons (Fsp3) is 0.217. The molecule has 1 heterocycles. The molecule has 3 heteroatoms. The summed E-state index contributed by atoms with van der Waals surface area (Å²) >= 11 is 0. The first-order valence-electron chi connectivity index (χ1n) is 9.19. The second-order valence-corrected chi connectivity index (χ2v) is 6.96. The Morgan fingerprint density at radius 3 is 2.23 bits per heavy atom. The minimum absolute atomic E-state index is 0.468. The molecule has 0 fully saturated rings. The van der Waals surface area contributed by atoms with Crippen molar-refractivity contribution >= 4 is 28.4 Å². The Morgan fingerprint density at radius 2 is 1.46 bits per heavy atom. The topological polar surface area (TPSA) is 27.3 Å². The minimum atomic E-state index is 0.468. The van der Waals surface area contributed by atoms with E-state index in [0.717, 1.165) is 17.9 Å². The summed E-state index contributed by atoms with van der Waals surface area (Å²) < 4.78 is 0. The molecule has 0 saturated heterocycles. The summed E-state index contributed by atoms with van der Waals surface area (Å²) in [5.74, 6) is 0.468. The summed E-state index contributed by atoms with van der Waals surface area (Å²) in [7, 11) is 1.96. The lowest BCUT2D eigenvalue weighted by atomic mass is 10.0. The molecule has 0 saturated carbocycles. The van der Waals surface area contributed by atoms with Gasteiger partial charge in [-0.15, -0.1) is 0 Å². The first-order chi connectivity index (χ1) is 12.7. The van der Waals surface area contributed by atoms with Crippen LogP contribution in [0.1, 0.15) is 24.0 Å². The average Bonchev–Trinajstić information content (AvgIpc) is 3.00. The van der Waals surface area contributed by atoms with Crippen LogP contribution >= 0.6 is 0 Å². The van der Waals surface area contributed by atoms with Gasteiger partial charge >= 0.3 is 0 Å². The maximum atomic E-state index is 3.65. The largest absolute Gasteiger partial charge is 0.386 e. The van der Waals surface area contributed by atoms with E-state index in [1.165, 1.54) is 28.2 Å². The number of anilines is 5. The summed E-state index contributed by atoms with van der Waals surface area (Å²) in [4.78, 5) is 2.45. The van der Waals surface area contributed by atoms with E-state index in [1.54, 1.807) is 0 Å². The number of para-hydroxylation sites is 3. The third-order valence-electron chi connectivity index (χ3n) is 5.20. The average molecular weight is 343 g/mol. The smallest absolute Gasteiger partial charge is 0.0619 e. The molecule has 132 valence electrons. The summed E-state index contributed by atoms with van der Waals surface area (Å²) in [6.45, 7) is 5.50. The summed E-state index contributed by atoms with van der Waals surface area (Å²) in [5, 5.41) is 6.92. The highest BCUT2D eigenvalue weighted by atomic mass is 15.2. The van der Waals surface area contributed by atoms with Gasteiger partial charge in [0, 0.05) is 42.1 Å². The highest BCUT2D eigenvalue weighted by Gasteiger charge is 2.29. The van der Waals surface area contributed by atoms with Gasteiger partial charge in [0.15, 0.2) is 0 Å². The standard InChI is InChI=1S/C23H25N3/c1-16-9-4-7-13-21(16)26-15-17(2)23-20(12-8-14-22(23)26)25-19-11-6-5-10-18(19)24-3/h4-14,17,24-25H,15H2,1-3H3. The molecule has 2 N–H and O–H groups in total. The molecule has 4 rings (SSSR count). The van der Waals surface area contributed by atoms with Crippen LogP contribution in [0.2, 0.25) is 0 Å². The van der Waals surface area contributed by atoms with Gasteiger partial charge in [-0.25, -0.2) is 0 Å². The first kappa shape index (κ1) is 16.5. The van der Waals surface area contributed by atoms with E-state index in [9.17, 15) is 0 Å². The second-order valence-electron chi connectivity index (χ2n) is 6.96. The van der Waals surface area contributed by atoms with Gasteiger partial charge < -0.3 is 15.5 Å². The van der Waals surface area contributed by atoms with E-state index in [-0.39, 0.29) is 0 Å². The van der Waals surface area contributed by atoms with Gasteiger partial charge in [-0.3, -0.25) is 0 Å². The van der Waals surface area contributed by atoms with E-state index in [2.05, 4.69) is 96.1 Å². The van der Waals surface area contributed by atoms with Crippen LogP contribution in [0.25, 0.3) is 0 Å². The lowest BCUT2D eigenvalue weighted by Gasteiger charge is -2.22. The Kier molecular flexibility index (Phi) is 4.29. The van der Waals surface area contributed by atoms with Crippen molar-refractivity contribution in [3.8, 4) is 0 Å². The van der Waals surface area contributed by atoms with Crippen molar-refractivity contribution in [1.82, 2.24) is 0 Å². The van der Waals surface area contributed by atoms with E-state index in [0.29, 0.717) is 5.92 Å². The Labute approximate surface area is 155 Å². The highest BCUT2D eigenvalue weighted by molar-refractivity contribution is 5.83. The van der Waals surface area contributed by atoms with E-state index in [1.807, 2.05) is 7.05 Å². The molecular weight excluding hydrogens is 318 g/mol. The maximum absolute atomic E-state index is 3.65. The highest BCUT2D eigenvalue weighted by Crippen LogP contribution is 2.46. The van der Waals surface area contributed by atoms with Crippen LogP contribution in [0.15, 0.2) is 66.7 Å².